The minimum absolute atomic E-state index is 0.0497. The number of nitrogens with one attached hydrogen (secondary N) is 1. The highest BCUT2D eigenvalue weighted by atomic mass is 35.5. The van der Waals surface area contributed by atoms with Crippen LogP contribution < -0.4 is 20.0 Å². The van der Waals surface area contributed by atoms with Gasteiger partial charge < -0.3 is 14.9 Å². The van der Waals surface area contributed by atoms with Crippen molar-refractivity contribution in [3.8, 4) is 11.5 Å². The van der Waals surface area contributed by atoms with Crippen molar-refractivity contribution in [2.45, 2.75) is 110 Å². The Bertz CT molecular complexity index is 2160. The number of unbranched alkanes of at least 4 members (excludes halogenated alkanes) is 3. The minimum atomic E-state index is -2.41. The van der Waals surface area contributed by atoms with Crippen molar-refractivity contribution in [3.63, 3.8) is 0 Å². The smallest absolute Gasteiger partial charge is 0.278 e. The SMILES string of the molecule is CCCCCCOc1ccc2nnn(C(Cl)(C(=O)Nc3cccc(N(Oc4ccc(C(C)(C)CC)cc4C(C)(C)CC)C(C)=O)c3)C(=O)c3ccccc3)c2c1. The van der Waals surface area contributed by atoms with Crippen LogP contribution in [0.3, 0.4) is 0 Å². The Morgan fingerprint density at radius 1 is 0.821 bits per heavy atom. The summed E-state index contributed by atoms with van der Waals surface area (Å²) in [6, 6.07) is 26.3. The average molecular weight is 780 g/mol. The van der Waals surface area contributed by atoms with Gasteiger partial charge in [-0.3, -0.25) is 14.4 Å². The first kappa shape index (κ1) is 41.9. The van der Waals surface area contributed by atoms with Crippen LogP contribution in [0.4, 0.5) is 11.4 Å². The molecule has 1 aromatic heterocycles. The Morgan fingerprint density at radius 2 is 1.55 bits per heavy atom. The van der Waals surface area contributed by atoms with Crippen LogP contribution in [0, 0.1) is 0 Å². The van der Waals surface area contributed by atoms with Crippen LogP contribution in [0.2, 0.25) is 0 Å². The number of alkyl halides is 1. The number of ketones is 1. The van der Waals surface area contributed by atoms with E-state index in [2.05, 4.69) is 70.2 Å². The number of hydrogen-bond acceptors (Lipinski definition) is 7. The molecule has 0 spiro atoms. The molecule has 2 amide bonds. The van der Waals surface area contributed by atoms with Crippen LogP contribution >= 0.6 is 11.6 Å². The lowest BCUT2D eigenvalue weighted by atomic mass is 9.76. The number of rotatable bonds is 18. The molecule has 1 unspecified atom stereocenters. The van der Waals surface area contributed by atoms with E-state index in [-0.39, 0.29) is 28.0 Å². The number of Topliss-reactive ketones (excluding diaryl/α,β-unsaturated/α-hetero) is 1. The molecule has 1 heterocycles. The minimum Gasteiger partial charge on any atom is -0.494 e. The Balaban J connectivity index is 1.50. The second kappa shape index (κ2) is 17.7. The van der Waals surface area contributed by atoms with Crippen molar-refractivity contribution in [1.29, 1.82) is 0 Å². The fourth-order valence-corrected chi connectivity index (χ4v) is 6.57. The van der Waals surface area contributed by atoms with Crippen LogP contribution in [0.1, 0.15) is 115 Å². The molecule has 4 aromatic carbocycles. The number of nitrogens with zero attached hydrogens (tertiary/aromatic N) is 4. The Hall–Kier alpha value is -5.22. The topological polar surface area (TPSA) is 116 Å². The number of hydrogen-bond donors (Lipinski definition) is 1. The fraction of sp³-hybridized carbons (Fsp3) is 0.400. The van der Waals surface area contributed by atoms with E-state index in [1.807, 2.05) is 12.1 Å². The van der Waals surface area contributed by atoms with Crippen molar-refractivity contribution in [3.05, 3.63) is 108 Å². The second-order valence-electron chi connectivity index (χ2n) is 15.5. The van der Waals surface area contributed by atoms with Gasteiger partial charge >= 0.3 is 0 Å². The molecule has 0 saturated heterocycles. The fourth-order valence-electron chi connectivity index (χ4n) is 6.29. The predicted octanol–water partition coefficient (Wildman–Crippen LogP) is 10.5. The van der Waals surface area contributed by atoms with Crippen molar-refractivity contribution >= 4 is 51.6 Å². The Kier molecular flexibility index (Phi) is 13.3. The predicted molar refractivity (Wildman–Crippen MR) is 224 cm³/mol. The molecule has 56 heavy (non-hydrogen) atoms. The molecule has 296 valence electrons. The molecule has 10 nitrogen and oxygen atoms in total. The van der Waals surface area contributed by atoms with E-state index in [0.29, 0.717) is 34.8 Å². The van der Waals surface area contributed by atoms with Gasteiger partial charge in [0.25, 0.3) is 16.8 Å². The zero-order chi connectivity index (χ0) is 40.7. The summed E-state index contributed by atoms with van der Waals surface area (Å²) in [5.41, 5.74) is 3.45. The van der Waals surface area contributed by atoms with Gasteiger partial charge in [0.05, 0.1) is 17.8 Å². The van der Waals surface area contributed by atoms with Crippen LogP contribution in [0.25, 0.3) is 11.0 Å². The Labute approximate surface area is 335 Å². The lowest BCUT2D eigenvalue weighted by Gasteiger charge is -2.32. The van der Waals surface area contributed by atoms with Gasteiger partial charge in [-0.2, -0.15) is 0 Å². The molecule has 1 atom stereocenters. The maximum absolute atomic E-state index is 14.5. The van der Waals surface area contributed by atoms with Gasteiger partial charge in [0.2, 0.25) is 5.78 Å². The number of hydroxylamine groups is 1. The molecule has 11 heteroatoms. The highest BCUT2D eigenvalue weighted by Gasteiger charge is 2.49. The maximum atomic E-state index is 14.5. The van der Waals surface area contributed by atoms with Crippen LogP contribution in [0.5, 0.6) is 11.5 Å². The third kappa shape index (κ3) is 9.07. The molecule has 0 aliphatic heterocycles. The zero-order valence-electron chi connectivity index (χ0n) is 33.8. The second-order valence-corrected chi connectivity index (χ2v) is 16.0. The molecule has 0 aliphatic carbocycles. The molecule has 0 fully saturated rings. The van der Waals surface area contributed by atoms with Crippen molar-refractivity contribution in [2.24, 2.45) is 0 Å². The van der Waals surface area contributed by atoms with Gasteiger partial charge in [0, 0.05) is 29.8 Å². The van der Waals surface area contributed by atoms with Gasteiger partial charge in [-0.25, -0.2) is 4.68 Å². The molecule has 1 N–H and O–H groups in total. The summed E-state index contributed by atoms with van der Waals surface area (Å²) in [4.78, 5) is 46.1. The molecule has 0 bridgehead atoms. The first-order valence-electron chi connectivity index (χ1n) is 19.5. The third-order valence-corrected chi connectivity index (χ3v) is 11.2. The number of amides is 2. The van der Waals surface area contributed by atoms with Crippen LogP contribution in [-0.2, 0) is 25.4 Å². The van der Waals surface area contributed by atoms with E-state index in [1.54, 1.807) is 72.8 Å². The summed E-state index contributed by atoms with van der Waals surface area (Å²) in [6.07, 6.45) is 5.98. The molecule has 0 radical (unpaired) electrons. The molecular formula is C45H54ClN5O5. The van der Waals surface area contributed by atoms with E-state index < -0.39 is 16.7 Å². The first-order chi connectivity index (χ1) is 26.7. The summed E-state index contributed by atoms with van der Waals surface area (Å²) in [5, 5.41) is 12.5. The number of aromatic nitrogens is 3. The van der Waals surface area contributed by atoms with Crippen molar-refractivity contribution in [2.75, 3.05) is 17.0 Å². The summed E-state index contributed by atoms with van der Waals surface area (Å²) in [6.45, 7) is 17.1. The van der Waals surface area contributed by atoms with E-state index >= 15 is 0 Å². The number of fused-ring (bicyclic) bond motifs is 1. The number of ether oxygens (including phenoxy) is 1. The van der Waals surface area contributed by atoms with E-state index in [9.17, 15) is 14.4 Å². The van der Waals surface area contributed by atoms with E-state index in [4.69, 9.17) is 21.2 Å². The first-order valence-corrected chi connectivity index (χ1v) is 19.9. The van der Waals surface area contributed by atoms with E-state index in [1.165, 1.54) is 17.6 Å². The highest BCUT2D eigenvalue weighted by Crippen LogP contribution is 2.40. The number of carbonyl (C=O) groups is 3. The standard InChI is InChI=1S/C45H54ClN5O5/c1-9-12-13-17-27-55-36-24-25-38-39(30-36)51(49-48-38)45(46,41(53)32-19-15-14-16-20-32)42(54)47-34-21-18-22-35(29-34)50(31(4)52)56-40-26-23-33(43(5,6)10-2)28-37(40)44(7,8)11-3/h14-16,18-26,28-30H,9-13,17,27H2,1-8H3,(H,47,54). The maximum Gasteiger partial charge on any atom is 0.278 e. The van der Waals surface area contributed by atoms with E-state index in [0.717, 1.165) is 48.8 Å². The lowest BCUT2D eigenvalue weighted by Crippen LogP contribution is -2.48. The number of carbonyl (C=O) groups excluding carboxylic acids is 3. The number of anilines is 2. The number of benzene rings is 4. The molecule has 0 aliphatic rings. The van der Waals surface area contributed by atoms with Crippen LogP contribution in [0.15, 0.2) is 91.0 Å². The quantitative estimate of drug-likeness (QED) is 0.0309. The monoisotopic (exact) mass is 779 g/mol. The van der Waals surface area contributed by atoms with Crippen molar-refractivity contribution in [1.82, 2.24) is 15.0 Å². The Morgan fingerprint density at radius 3 is 2.23 bits per heavy atom. The van der Waals surface area contributed by atoms with Crippen molar-refractivity contribution < 1.29 is 24.0 Å². The summed E-state index contributed by atoms with van der Waals surface area (Å²) in [7, 11) is 0. The lowest BCUT2D eigenvalue weighted by molar-refractivity contribution is -0.121. The summed E-state index contributed by atoms with van der Waals surface area (Å²) in [5.74, 6) is -0.877. The summed E-state index contributed by atoms with van der Waals surface area (Å²) >= 11 is 7.24. The largest absolute Gasteiger partial charge is 0.494 e. The van der Waals surface area contributed by atoms with Gasteiger partial charge in [0.15, 0.2) is 5.75 Å². The van der Waals surface area contributed by atoms with Gasteiger partial charge in [-0.05, 0) is 72.1 Å². The average Bonchev–Trinajstić information content (AvgIpc) is 3.63. The molecule has 0 saturated carbocycles. The molecule has 5 rings (SSSR count). The highest BCUT2D eigenvalue weighted by molar-refractivity contribution is 6.47. The van der Waals surface area contributed by atoms with Gasteiger partial charge in [-0.15, -0.1) is 10.2 Å². The van der Waals surface area contributed by atoms with Crippen LogP contribution in [-0.4, -0.2) is 39.2 Å². The third-order valence-electron chi connectivity index (χ3n) is 10.7. The van der Waals surface area contributed by atoms with Gasteiger partial charge in [-0.1, -0.05) is 133 Å². The van der Waals surface area contributed by atoms with Gasteiger partial charge in [0.1, 0.15) is 11.3 Å². The molecule has 5 aromatic rings. The zero-order valence-corrected chi connectivity index (χ0v) is 34.6. The molecular weight excluding hydrogens is 726 g/mol. The summed E-state index contributed by atoms with van der Waals surface area (Å²) < 4.78 is 7.15. The number of halogens is 1. The normalized spacial score (nSPS) is 12.9.